The molecule has 1 amide bonds. The van der Waals surface area contributed by atoms with Crippen molar-refractivity contribution in [3.63, 3.8) is 0 Å². The second-order valence-corrected chi connectivity index (χ2v) is 6.63. The van der Waals surface area contributed by atoms with E-state index in [4.69, 9.17) is 16.3 Å². The zero-order chi connectivity index (χ0) is 15.6. The summed E-state index contributed by atoms with van der Waals surface area (Å²) >= 11 is 5.85. The van der Waals surface area contributed by atoms with Crippen LogP contribution in [0.25, 0.3) is 0 Å². The summed E-state index contributed by atoms with van der Waals surface area (Å²) in [4.78, 5) is 11.6. The van der Waals surface area contributed by atoms with Crippen molar-refractivity contribution in [3.8, 4) is 5.75 Å². The van der Waals surface area contributed by atoms with E-state index in [0.29, 0.717) is 11.6 Å². The number of hydrogen-bond donors (Lipinski definition) is 3. The lowest BCUT2D eigenvalue weighted by Crippen LogP contribution is -2.36. The highest BCUT2D eigenvalue weighted by Gasteiger charge is 2.38. The minimum atomic E-state index is -0.492. The summed E-state index contributed by atoms with van der Waals surface area (Å²) in [5.41, 5.74) is 0.250. The maximum atomic E-state index is 11.6. The van der Waals surface area contributed by atoms with Gasteiger partial charge in [-0.1, -0.05) is 23.7 Å². The molecule has 0 aromatic heterocycles. The van der Waals surface area contributed by atoms with E-state index in [-0.39, 0.29) is 17.8 Å². The molecule has 2 rings (SSSR count). The average Bonchev–Trinajstić information content (AvgIpc) is 3.07. The molecule has 5 nitrogen and oxygen atoms in total. The number of benzene rings is 1. The van der Waals surface area contributed by atoms with Gasteiger partial charge < -0.3 is 20.5 Å². The van der Waals surface area contributed by atoms with Gasteiger partial charge in [0.1, 0.15) is 11.4 Å². The van der Waals surface area contributed by atoms with Gasteiger partial charge in [0.25, 0.3) is 0 Å². The molecular formula is C15H21ClN2O3. The summed E-state index contributed by atoms with van der Waals surface area (Å²) in [5, 5.41) is 16.2. The number of amides is 1. The molecule has 0 spiro atoms. The number of phenols is 1. The molecule has 1 fully saturated rings. The number of hydrogen-bond acceptors (Lipinski definition) is 4. The largest absolute Gasteiger partial charge is 0.506 e. The summed E-state index contributed by atoms with van der Waals surface area (Å²) < 4.78 is 5.20. The van der Waals surface area contributed by atoms with Crippen LogP contribution >= 0.6 is 11.6 Å². The van der Waals surface area contributed by atoms with Crippen LogP contribution in [0.2, 0.25) is 5.02 Å². The van der Waals surface area contributed by atoms with Gasteiger partial charge in [0.05, 0.1) is 5.02 Å². The Bertz CT molecular complexity index is 528. The zero-order valence-electron chi connectivity index (χ0n) is 12.4. The Morgan fingerprint density at radius 1 is 1.43 bits per heavy atom. The normalized spacial score (nSPS) is 21.0. The summed E-state index contributed by atoms with van der Waals surface area (Å²) in [5.74, 6) is 0.101. The molecule has 2 atom stereocenters. The predicted octanol–water partition coefficient (Wildman–Crippen LogP) is 2.80. The minimum absolute atomic E-state index is 0.0705. The molecule has 0 saturated heterocycles. The van der Waals surface area contributed by atoms with Gasteiger partial charge in [0.2, 0.25) is 0 Å². The first-order valence-electron chi connectivity index (χ1n) is 6.95. The van der Waals surface area contributed by atoms with Crippen molar-refractivity contribution in [3.05, 3.63) is 28.8 Å². The molecule has 116 valence electrons. The predicted molar refractivity (Wildman–Crippen MR) is 81.5 cm³/mol. The van der Waals surface area contributed by atoms with Gasteiger partial charge in [-0.05, 0) is 33.3 Å². The highest BCUT2D eigenvalue weighted by atomic mass is 35.5. The van der Waals surface area contributed by atoms with Crippen LogP contribution in [0.4, 0.5) is 4.79 Å². The van der Waals surface area contributed by atoms with Crippen LogP contribution < -0.4 is 10.6 Å². The van der Waals surface area contributed by atoms with Crippen molar-refractivity contribution in [1.29, 1.82) is 0 Å². The van der Waals surface area contributed by atoms with Crippen molar-refractivity contribution in [2.45, 2.75) is 51.4 Å². The molecule has 1 aliphatic carbocycles. The van der Waals surface area contributed by atoms with Gasteiger partial charge >= 0.3 is 6.09 Å². The van der Waals surface area contributed by atoms with E-state index in [1.165, 1.54) is 0 Å². The van der Waals surface area contributed by atoms with E-state index in [0.717, 1.165) is 12.0 Å². The number of rotatable bonds is 4. The summed E-state index contributed by atoms with van der Waals surface area (Å²) in [6, 6.07) is 5.51. The maximum Gasteiger partial charge on any atom is 0.407 e. The second kappa shape index (κ2) is 6.12. The maximum absolute atomic E-state index is 11.6. The van der Waals surface area contributed by atoms with Gasteiger partial charge in [0, 0.05) is 24.2 Å². The van der Waals surface area contributed by atoms with Gasteiger partial charge in [-0.15, -0.1) is 0 Å². The smallest absolute Gasteiger partial charge is 0.407 e. The Morgan fingerprint density at radius 2 is 2.14 bits per heavy atom. The fourth-order valence-electron chi connectivity index (χ4n) is 1.98. The van der Waals surface area contributed by atoms with Crippen LogP contribution in [0, 0.1) is 0 Å². The molecule has 0 aliphatic heterocycles. The highest BCUT2D eigenvalue weighted by molar-refractivity contribution is 6.32. The number of phenolic OH excluding ortho intramolecular Hbond substituents is 1. The van der Waals surface area contributed by atoms with Crippen molar-refractivity contribution in [2.24, 2.45) is 0 Å². The van der Waals surface area contributed by atoms with Crippen molar-refractivity contribution >= 4 is 17.7 Å². The van der Waals surface area contributed by atoms with Crippen LogP contribution in [0.3, 0.4) is 0 Å². The van der Waals surface area contributed by atoms with Crippen LogP contribution in [0.1, 0.15) is 32.8 Å². The van der Waals surface area contributed by atoms with Crippen LogP contribution in [0.15, 0.2) is 18.2 Å². The molecule has 2 unspecified atom stereocenters. The van der Waals surface area contributed by atoms with Crippen LogP contribution in [-0.2, 0) is 11.3 Å². The molecule has 6 heteroatoms. The SMILES string of the molecule is CC(C)(C)OC(=O)NC1CC1NCc1cccc(Cl)c1O. The minimum Gasteiger partial charge on any atom is -0.506 e. The Labute approximate surface area is 129 Å². The van der Waals surface area contributed by atoms with E-state index in [1.54, 1.807) is 12.1 Å². The molecule has 21 heavy (non-hydrogen) atoms. The van der Waals surface area contributed by atoms with Crippen LogP contribution in [0.5, 0.6) is 5.75 Å². The lowest BCUT2D eigenvalue weighted by molar-refractivity contribution is 0.0522. The first-order chi connectivity index (χ1) is 9.76. The first kappa shape index (κ1) is 15.9. The van der Waals surface area contributed by atoms with Gasteiger partial charge in [-0.3, -0.25) is 0 Å². The molecule has 3 N–H and O–H groups in total. The Hall–Kier alpha value is -1.46. The highest BCUT2D eigenvalue weighted by Crippen LogP contribution is 2.28. The number of carbonyl (C=O) groups is 1. The monoisotopic (exact) mass is 312 g/mol. The molecule has 1 saturated carbocycles. The quantitative estimate of drug-likeness (QED) is 0.799. The third-order valence-corrected chi connectivity index (χ3v) is 3.42. The van der Waals surface area contributed by atoms with Crippen molar-refractivity contribution in [1.82, 2.24) is 10.6 Å². The Kier molecular flexibility index (Phi) is 4.64. The van der Waals surface area contributed by atoms with Crippen molar-refractivity contribution in [2.75, 3.05) is 0 Å². The lowest BCUT2D eigenvalue weighted by atomic mass is 10.2. The Balaban J connectivity index is 1.75. The van der Waals surface area contributed by atoms with E-state index in [2.05, 4.69) is 10.6 Å². The third kappa shape index (κ3) is 4.79. The number of alkyl carbamates (subject to hydrolysis) is 1. The number of carbonyl (C=O) groups excluding carboxylic acids is 1. The standard InChI is InChI=1S/C15H21ClN2O3/c1-15(2,3)21-14(20)18-12-7-11(12)17-8-9-5-4-6-10(16)13(9)19/h4-6,11-12,17,19H,7-8H2,1-3H3,(H,18,20). The third-order valence-electron chi connectivity index (χ3n) is 3.12. The van der Waals surface area contributed by atoms with E-state index in [1.807, 2.05) is 26.8 Å². The molecule has 0 bridgehead atoms. The fourth-order valence-corrected chi connectivity index (χ4v) is 2.18. The second-order valence-electron chi connectivity index (χ2n) is 6.22. The van der Waals surface area contributed by atoms with Gasteiger partial charge in [0.15, 0.2) is 0 Å². The van der Waals surface area contributed by atoms with E-state index < -0.39 is 11.7 Å². The molecule has 1 aliphatic rings. The van der Waals surface area contributed by atoms with Gasteiger partial charge in [-0.25, -0.2) is 4.79 Å². The van der Waals surface area contributed by atoms with Crippen molar-refractivity contribution < 1.29 is 14.6 Å². The molecule has 1 aromatic rings. The number of aromatic hydroxyl groups is 1. The van der Waals surface area contributed by atoms with E-state index >= 15 is 0 Å². The summed E-state index contributed by atoms with van der Waals surface area (Å²) in [7, 11) is 0. The summed E-state index contributed by atoms with van der Waals surface area (Å²) in [6.07, 6.45) is 0.447. The zero-order valence-corrected chi connectivity index (χ0v) is 13.2. The number of nitrogens with one attached hydrogen (secondary N) is 2. The molecule has 0 radical (unpaired) electrons. The molecule has 0 heterocycles. The van der Waals surface area contributed by atoms with E-state index in [9.17, 15) is 9.90 Å². The molecular weight excluding hydrogens is 292 g/mol. The first-order valence-corrected chi connectivity index (χ1v) is 7.33. The number of halogens is 1. The van der Waals surface area contributed by atoms with Crippen LogP contribution in [-0.4, -0.2) is 28.9 Å². The van der Waals surface area contributed by atoms with Gasteiger partial charge in [-0.2, -0.15) is 0 Å². The molecule has 1 aromatic carbocycles. The topological polar surface area (TPSA) is 70.6 Å². The average molecular weight is 313 g/mol. The lowest BCUT2D eigenvalue weighted by Gasteiger charge is -2.19. The number of para-hydroxylation sites is 1. The number of ether oxygens (including phenoxy) is 1. The summed E-state index contributed by atoms with van der Waals surface area (Å²) in [6.45, 7) is 5.99. The Morgan fingerprint density at radius 3 is 2.81 bits per heavy atom. The fraction of sp³-hybridized carbons (Fsp3) is 0.533.